The highest BCUT2D eigenvalue weighted by Crippen LogP contribution is 2.38. The first-order valence-electron chi connectivity index (χ1n) is 8.27. The fourth-order valence-corrected chi connectivity index (χ4v) is 4.60. The molecular weight excluding hydrogens is 266 g/mol. The quantitative estimate of drug-likeness (QED) is 0.840. The fraction of sp³-hybridized carbons (Fsp3) is 0.812. The van der Waals surface area contributed by atoms with Crippen LogP contribution in [0, 0.1) is 11.8 Å². The second kappa shape index (κ2) is 6.90. The van der Waals surface area contributed by atoms with E-state index in [-0.39, 0.29) is 0 Å². The van der Waals surface area contributed by atoms with Gasteiger partial charge in [0.15, 0.2) is 5.13 Å². The molecule has 0 amide bonds. The Morgan fingerprint density at radius 3 is 3.00 bits per heavy atom. The van der Waals surface area contributed by atoms with Crippen molar-refractivity contribution in [2.45, 2.75) is 52.0 Å². The van der Waals surface area contributed by atoms with E-state index in [9.17, 15) is 0 Å². The molecule has 0 aromatic carbocycles. The van der Waals surface area contributed by atoms with Crippen LogP contribution in [0.5, 0.6) is 0 Å². The summed E-state index contributed by atoms with van der Waals surface area (Å²) in [6.07, 6.45) is 10.5. The number of hydrogen-bond acceptors (Lipinski definition) is 4. The molecule has 112 valence electrons. The molecule has 1 aliphatic carbocycles. The molecule has 1 aromatic rings. The molecule has 1 aromatic heterocycles. The van der Waals surface area contributed by atoms with Crippen LogP contribution in [0.4, 0.5) is 5.13 Å². The minimum atomic E-state index is 0.933. The number of nitrogens with zero attached hydrogens (tertiary/aromatic N) is 2. The minimum Gasteiger partial charge on any atom is -0.348 e. The summed E-state index contributed by atoms with van der Waals surface area (Å²) in [7, 11) is 0. The van der Waals surface area contributed by atoms with Crippen LogP contribution >= 0.6 is 11.3 Å². The lowest BCUT2D eigenvalue weighted by atomic mass is 9.75. The maximum atomic E-state index is 4.66. The topological polar surface area (TPSA) is 28.2 Å². The van der Waals surface area contributed by atoms with Crippen LogP contribution in [0.25, 0.3) is 0 Å². The molecule has 1 aliphatic heterocycles. The number of nitrogens with one attached hydrogen (secondary N) is 1. The molecule has 2 atom stereocenters. The van der Waals surface area contributed by atoms with Gasteiger partial charge < -0.3 is 10.2 Å². The zero-order valence-corrected chi connectivity index (χ0v) is 13.4. The largest absolute Gasteiger partial charge is 0.348 e. The van der Waals surface area contributed by atoms with E-state index in [1.165, 1.54) is 61.6 Å². The SMILES string of the molecule is CCCNCc1cnc(N2CCC3CCCCC3C2)s1. The number of aromatic nitrogens is 1. The summed E-state index contributed by atoms with van der Waals surface area (Å²) in [4.78, 5) is 8.58. The van der Waals surface area contributed by atoms with Gasteiger partial charge >= 0.3 is 0 Å². The number of rotatable bonds is 5. The minimum absolute atomic E-state index is 0.933. The van der Waals surface area contributed by atoms with Gasteiger partial charge in [-0.25, -0.2) is 4.98 Å². The summed E-state index contributed by atoms with van der Waals surface area (Å²) in [5, 5.41) is 4.72. The molecule has 1 saturated heterocycles. The molecule has 3 rings (SSSR count). The van der Waals surface area contributed by atoms with E-state index in [0.717, 1.165) is 24.9 Å². The molecule has 1 N–H and O–H groups in total. The highest BCUT2D eigenvalue weighted by atomic mass is 32.1. The molecule has 2 fully saturated rings. The van der Waals surface area contributed by atoms with Crippen LogP contribution in [-0.2, 0) is 6.54 Å². The van der Waals surface area contributed by atoms with Gasteiger partial charge in [-0.3, -0.25) is 0 Å². The number of fused-ring (bicyclic) bond motifs is 1. The Labute approximate surface area is 126 Å². The fourth-order valence-electron chi connectivity index (χ4n) is 3.69. The Hall–Kier alpha value is -0.610. The van der Waals surface area contributed by atoms with Crippen LogP contribution in [0.1, 0.15) is 50.3 Å². The smallest absolute Gasteiger partial charge is 0.185 e. The van der Waals surface area contributed by atoms with Crippen LogP contribution < -0.4 is 10.2 Å². The predicted molar refractivity (Wildman–Crippen MR) is 86.4 cm³/mol. The zero-order chi connectivity index (χ0) is 13.8. The van der Waals surface area contributed by atoms with Crippen LogP contribution in [0.2, 0.25) is 0 Å². The van der Waals surface area contributed by atoms with E-state index in [4.69, 9.17) is 0 Å². The van der Waals surface area contributed by atoms with Crippen LogP contribution in [0.3, 0.4) is 0 Å². The number of anilines is 1. The molecular formula is C16H27N3S. The van der Waals surface area contributed by atoms with E-state index in [0.29, 0.717) is 0 Å². The van der Waals surface area contributed by atoms with Crippen molar-refractivity contribution in [3.63, 3.8) is 0 Å². The lowest BCUT2D eigenvalue weighted by Gasteiger charge is -2.41. The zero-order valence-electron chi connectivity index (χ0n) is 12.6. The first-order chi connectivity index (χ1) is 9.86. The van der Waals surface area contributed by atoms with Crippen molar-refractivity contribution in [1.82, 2.24) is 10.3 Å². The first kappa shape index (κ1) is 14.3. The van der Waals surface area contributed by atoms with Gasteiger partial charge in [-0.1, -0.05) is 26.2 Å². The Morgan fingerprint density at radius 2 is 2.15 bits per heavy atom. The van der Waals surface area contributed by atoms with Gasteiger partial charge in [0, 0.05) is 30.7 Å². The van der Waals surface area contributed by atoms with Gasteiger partial charge in [-0.05, 0) is 37.6 Å². The maximum Gasteiger partial charge on any atom is 0.185 e. The van der Waals surface area contributed by atoms with Crippen LogP contribution in [0.15, 0.2) is 6.20 Å². The first-order valence-corrected chi connectivity index (χ1v) is 9.09. The Morgan fingerprint density at radius 1 is 1.30 bits per heavy atom. The van der Waals surface area contributed by atoms with Crippen molar-refractivity contribution < 1.29 is 0 Å². The monoisotopic (exact) mass is 293 g/mol. The van der Waals surface area contributed by atoms with E-state index in [1.807, 2.05) is 11.3 Å². The second-order valence-electron chi connectivity index (χ2n) is 6.33. The summed E-state index contributed by atoms with van der Waals surface area (Å²) in [5.41, 5.74) is 0. The molecule has 0 radical (unpaired) electrons. The highest BCUT2D eigenvalue weighted by Gasteiger charge is 2.31. The third kappa shape index (κ3) is 3.34. The molecule has 0 bridgehead atoms. The molecule has 0 spiro atoms. The Kier molecular flexibility index (Phi) is 4.94. The average molecular weight is 293 g/mol. The van der Waals surface area contributed by atoms with Gasteiger partial charge in [0.05, 0.1) is 0 Å². The van der Waals surface area contributed by atoms with E-state index < -0.39 is 0 Å². The molecule has 4 heteroatoms. The summed E-state index contributed by atoms with van der Waals surface area (Å²) in [5.74, 6) is 1.94. The lowest BCUT2D eigenvalue weighted by Crippen LogP contribution is -2.41. The van der Waals surface area contributed by atoms with Crippen molar-refractivity contribution in [2.75, 3.05) is 24.5 Å². The van der Waals surface area contributed by atoms with Crippen molar-refractivity contribution in [3.8, 4) is 0 Å². The summed E-state index contributed by atoms with van der Waals surface area (Å²) in [6.45, 7) is 6.75. The normalized spacial score (nSPS) is 26.6. The van der Waals surface area contributed by atoms with E-state index in [1.54, 1.807) is 0 Å². The molecule has 1 saturated carbocycles. The Balaban J connectivity index is 1.56. The third-order valence-corrected chi connectivity index (χ3v) is 5.89. The molecule has 20 heavy (non-hydrogen) atoms. The number of thiazole rings is 1. The van der Waals surface area contributed by atoms with Gasteiger partial charge in [0.2, 0.25) is 0 Å². The van der Waals surface area contributed by atoms with Gasteiger partial charge in [0.25, 0.3) is 0 Å². The molecule has 2 unspecified atom stereocenters. The summed E-state index contributed by atoms with van der Waals surface area (Å²) in [6, 6.07) is 0. The summed E-state index contributed by atoms with van der Waals surface area (Å²) >= 11 is 1.88. The van der Waals surface area contributed by atoms with Crippen LogP contribution in [-0.4, -0.2) is 24.6 Å². The Bertz CT molecular complexity index is 418. The van der Waals surface area contributed by atoms with Crippen molar-refractivity contribution in [2.24, 2.45) is 11.8 Å². The number of piperidine rings is 1. The van der Waals surface area contributed by atoms with E-state index in [2.05, 4.69) is 28.3 Å². The highest BCUT2D eigenvalue weighted by molar-refractivity contribution is 7.15. The standard InChI is InChI=1S/C16H27N3S/c1-2-8-17-10-15-11-18-16(20-15)19-9-7-13-5-3-4-6-14(13)12-19/h11,13-14,17H,2-10,12H2,1H3. The average Bonchev–Trinajstić information content (AvgIpc) is 2.96. The summed E-state index contributed by atoms with van der Waals surface area (Å²) < 4.78 is 0. The van der Waals surface area contributed by atoms with Crippen molar-refractivity contribution in [1.29, 1.82) is 0 Å². The lowest BCUT2D eigenvalue weighted by molar-refractivity contribution is 0.202. The second-order valence-corrected chi connectivity index (χ2v) is 7.42. The van der Waals surface area contributed by atoms with Crippen molar-refractivity contribution >= 4 is 16.5 Å². The predicted octanol–water partition coefficient (Wildman–Crippen LogP) is 3.66. The molecule has 2 heterocycles. The number of hydrogen-bond donors (Lipinski definition) is 1. The van der Waals surface area contributed by atoms with Gasteiger partial charge in [-0.2, -0.15) is 0 Å². The van der Waals surface area contributed by atoms with Gasteiger partial charge in [-0.15, -0.1) is 11.3 Å². The molecule has 2 aliphatic rings. The van der Waals surface area contributed by atoms with E-state index >= 15 is 0 Å². The maximum absolute atomic E-state index is 4.66. The van der Waals surface area contributed by atoms with Gasteiger partial charge in [0.1, 0.15) is 0 Å². The van der Waals surface area contributed by atoms with Crippen molar-refractivity contribution in [3.05, 3.63) is 11.1 Å². The third-order valence-electron chi connectivity index (χ3n) is 4.83. The molecule has 3 nitrogen and oxygen atoms in total.